The predicted molar refractivity (Wildman–Crippen MR) is 118 cm³/mol. The Morgan fingerprint density at radius 3 is 2.74 bits per heavy atom. The molecule has 4 aromatic rings. The van der Waals surface area contributed by atoms with Crippen LogP contribution in [0.4, 0.5) is 13.9 Å². The summed E-state index contributed by atoms with van der Waals surface area (Å²) in [7, 11) is 0. The summed E-state index contributed by atoms with van der Waals surface area (Å²) in [6.45, 7) is 1.81. The van der Waals surface area contributed by atoms with Crippen molar-refractivity contribution >= 4 is 56.6 Å². The first-order valence-electron chi connectivity index (χ1n) is 8.84. The van der Waals surface area contributed by atoms with Crippen LogP contribution in [0.25, 0.3) is 16.6 Å². The molecule has 158 valence electrons. The molecule has 4 rings (SSSR count). The van der Waals surface area contributed by atoms with Gasteiger partial charge >= 0.3 is 0 Å². The summed E-state index contributed by atoms with van der Waals surface area (Å²) < 4.78 is 28.9. The van der Waals surface area contributed by atoms with Crippen LogP contribution in [-0.4, -0.2) is 26.2 Å². The number of carbonyl (C=O) groups excluding carboxylic acids is 1. The number of rotatable bonds is 5. The number of thioether (sulfide) groups is 1. The molecule has 0 saturated carbocycles. The van der Waals surface area contributed by atoms with Crippen molar-refractivity contribution in [3.63, 3.8) is 0 Å². The number of aromatic nitrogens is 3. The standard InChI is InChI=1S/C20H13ClF2N4O2S2/c1-10-8-30-19(24-10)26-17(28)9-31-20-25-15-4-2-11(21)6-13(15)18(29)27(20)16-5-3-12(22)7-14(16)23/h2-8H,9H2,1H3,(H,24,26,28). The van der Waals surface area contributed by atoms with Crippen LogP contribution in [0.5, 0.6) is 0 Å². The molecule has 0 aliphatic rings. The molecule has 0 radical (unpaired) electrons. The third-order valence-corrected chi connectivity index (χ3v) is 6.20. The van der Waals surface area contributed by atoms with Gasteiger partial charge in [-0.3, -0.25) is 14.2 Å². The molecule has 0 atom stereocenters. The van der Waals surface area contributed by atoms with Gasteiger partial charge in [0.2, 0.25) is 5.91 Å². The Bertz CT molecular complexity index is 1370. The Morgan fingerprint density at radius 2 is 2.03 bits per heavy atom. The van der Waals surface area contributed by atoms with Gasteiger partial charge < -0.3 is 5.32 Å². The second-order valence-electron chi connectivity index (χ2n) is 6.42. The zero-order valence-corrected chi connectivity index (χ0v) is 18.2. The lowest BCUT2D eigenvalue weighted by atomic mass is 10.2. The van der Waals surface area contributed by atoms with Gasteiger partial charge in [0.15, 0.2) is 10.3 Å². The molecule has 1 N–H and O–H groups in total. The van der Waals surface area contributed by atoms with E-state index < -0.39 is 17.2 Å². The number of hydrogen-bond acceptors (Lipinski definition) is 6. The first-order chi connectivity index (χ1) is 14.8. The molecule has 2 aromatic heterocycles. The highest BCUT2D eigenvalue weighted by Gasteiger charge is 2.18. The minimum Gasteiger partial charge on any atom is -0.301 e. The van der Waals surface area contributed by atoms with E-state index in [1.165, 1.54) is 17.4 Å². The Balaban J connectivity index is 1.75. The lowest BCUT2D eigenvalue weighted by molar-refractivity contribution is -0.113. The molecule has 0 bridgehead atoms. The van der Waals surface area contributed by atoms with Crippen molar-refractivity contribution < 1.29 is 13.6 Å². The number of anilines is 1. The van der Waals surface area contributed by atoms with E-state index in [1.807, 2.05) is 6.92 Å². The van der Waals surface area contributed by atoms with E-state index in [1.54, 1.807) is 17.5 Å². The minimum absolute atomic E-state index is 0.0794. The SMILES string of the molecule is Cc1csc(NC(=O)CSc2nc3ccc(Cl)cc3c(=O)n2-c2ccc(F)cc2F)n1. The number of carbonyl (C=O) groups is 1. The number of aryl methyl sites for hydroxylation is 1. The Kier molecular flexibility index (Phi) is 6.03. The number of benzene rings is 2. The van der Waals surface area contributed by atoms with E-state index in [2.05, 4.69) is 15.3 Å². The van der Waals surface area contributed by atoms with E-state index >= 15 is 0 Å². The van der Waals surface area contributed by atoms with Crippen molar-refractivity contribution in [2.75, 3.05) is 11.1 Å². The lowest BCUT2D eigenvalue weighted by Crippen LogP contribution is -2.24. The third-order valence-electron chi connectivity index (χ3n) is 4.15. The summed E-state index contributed by atoms with van der Waals surface area (Å²) in [4.78, 5) is 34.1. The predicted octanol–water partition coefficient (Wildman–Crippen LogP) is 4.81. The van der Waals surface area contributed by atoms with E-state index in [0.717, 1.165) is 34.2 Å². The molecule has 0 unspecified atom stereocenters. The zero-order chi connectivity index (χ0) is 22.1. The maximum atomic E-state index is 14.5. The molecule has 0 spiro atoms. The molecule has 11 heteroatoms. The maximum Gasteiger partial charge on any atom is 0.266 e. The first kappa shape index (κ1) is 21.4. The van der Waals surface area contributed by atoms with Gasteiger partial charge in [0.1, 0.15) is 11.6 Å². The third kappa shape index (κ3) is 4.60. The first-order valence-corrected chi connectivity index (χ1v) is 11.1. The fourth-order valence-electron chi connectivity index (χ4n) is 2.81. The summed E-state index contributed by atoms with van der Waals surface area (Å²) in [5.74, 6) is -2.18. The van der Waals surface area contributed by atoms with Crippen molar-refractivity contribution in [2.45, 2.75) is 12.1 Å². The quantitative estimate of drug-likeness (QED) is 0.329. The van der Waals surface area contributed by atoms with Crippen LogP contribution in [0.3, 0.4) is 0 Å². The van der Waals surface area contributed by atoms with Crippen LogP contribution < -0.4 is 10.9 Å². The average molecular weight is 479 g/mol. The molecular weight excluding hydrogens is 466 g/mol. The number of nitrogens with zero attached hydrogens (tertiary/aromatic N) is 3. The second kappa shape index (κ2) is 8.74. The summed E-state index contributed by atoms with van der Waals surface area (Å²) >= 11 is 8.23. The van der Waals surface area contributed by atoms with E-state index in [-0.39, 0.29) is 27.9 Å². The fourth-order valence-corrected chi connectivity index (χ4v) is 4.49. The van der Waals surface area contributed by atoms with Crippen molar-refractivity contribution in [3.05, 3.63) is 74.5 Å². The monoisotopic (exact) mass is 478 g/mol. The molecule has 0 aliphatic carbocycles. The highest BCUT2D eigenvalue weighted by molar-refractivity contribution is 7.99. The summed E-state index contributed by atoms with van der Waals surface area (Å²) in [5, 5.41) is 5.48. The normalized spacial score (nSPS) is 11.1. The smallest absolute Gasteiger partial charge is 0.266 e. The van der Waals surface area contributed by atoms with Crippen LogP contribution in [0.1, 0.15) is 5.69 Å². The molecule has 0 aliphatic heterocycles. The number of fused-ring (bicyclic) bond motifs is 1. The van der Waals surface area contributed by atoms with Crippen molar-refractivity contribution in [1.82, 2.24) is 14.5 Å². The molecule has 31 heavy (non-hydrogen) atoms. The fraction of sp³-hybridized carbons (Fsp3) is 0.100. The van der Waals surface area contributed by atoms with Crippen LogP contribution in [-0.2, 0) is 4.79 Å². The summed E-state index contributed by atoms with van der Waals surface area (Å²) in [5.41, 5.74) is 0.353. The highest BCUT2D eigenvalue weighted by atomic mass is 35.5. The minimum atomic E-state index is -0.935. The van der Waals surface area contributed by atoms with Crippen LogP contribution in [0.2, 0.25) is 5.02 Å². The van der Waals surface area contributed by atoms with Crippen molar-refractivity contribution in [1.29, 1.82) is 0 Å². The van der Waals surface area contributed by atoms with Gasteiger partial charge in [-0.1, -0.05) is 23.4 Å². The highest BCUT2D eigenvalue weighted by Crippen LogP contribution is 2.25. The van der Waals surface area contributed by atoms with Gasteiger partial charge in [0, 0.05) is 16.5 Å². The number of halogens is 3. The molecule has 0 fully saturated rings. The summed E-state index contributed by atoms with van der Waals surface area (Å²) in [6, 6.07) is 7.43. The van der Waals surface area contributed by atoms with Crippen molar-refractivity contribution in [2.24, 2.45) is 0 Å². The molecule has 2 aromatic carbocycles. The summed E-state index contributed by atoms with van der Waals surface area (Å²) in [6.07, 6.45) is 0. The van der Waals surface area contributed by atoms with E-state index in [4.69, 9.17) is 11.6 Å². The molecule has 0 saturated heterocycles. The van der Waals surface area contributed by atoms with Gasteiger partial charge in [-0.05, 0) is 37.3 Å². The number of nitrogens with one attached hydrogen (secondary N) is 1. The van der Waals surface area contributed by atoms with Gasteiger partial charge in [0.05, 0.1) is 28.0 Å². The van der Waals surface area contributed by atoms with Crippen molar-refractivity contribution in [3.8, 4) is 5.69 Å². The van der Waals surface area contributed by atoms with Gasteiger partial charge in [-0.25, -0.2) is 18.7 Å². The molecule has 1 amide bonds. The van der Waals surface area contributed by atoms with Gasteiger partial charge in [0.25, 0.3) is 5.56 Å². The van der Waals surface area contributed by atoms with Gasteiger partial charge in [-0.15, -0.1) is 11.3 Å². The number of thiazole rings is 1. The number of hydrogen-bond donors (Lipinski definition) is 1. The molecule has 2 heterocycles. The van der Waals surface area contributed by atoms with Crippen LogP contribution in [0, 0.1) is 18.6 Å². The molecular formula is C20H13ClF2N4O2S2. The largest absolute Gasteiger partial charge is 0.301 e. The van der Waals surface area contributed by atoms with Crippen LogP contribution in [0.15, 0.2) is 51.7 Å². The Morgan fingerprint density at radius 1 is 1.23 bits per heavy atom. The Labute approximate surface area is 187 Å². The average Bonchev–Trinajstić information content (AvgIpc) is 3.12. The van der Waals surface area contributed by atoms with E-state index in [9.17, 15) is 18.4 Å². The second-order valence-corrected chi connectivity index (χ2v) is 8.66. The lowest BCUT2D eigenvalue weighted by Gasteiger charge is -2.14. The van der Waals surface area contributed by atoms with Gasteiger partial charge in [-0.2, -0.15) is 0 Å². The van der Waals surface area contributed by atoms with E-state index in [0.29, 0.717) is 21.7 Å². The number of amides is 1. The molecule has 6 nitrogen and oxygen atoms in total. The topological polar surface area (TPSA) is 76.9 Å². The Hall–Kier alpha value is -2.82. The van der Waals surface area contributed by atoms with Crippen LogP contribution >= 0.6 is 34.7 Å². The maximum absolute atomic E-state index is 14.5. The zero-order valence-electron chi connectivity index (χ0n) is 15.9.